The van der Waals surface area contributed by atoms with Crippen molar-refractivity contribution in [3.63, 3.8) is 0 Å². The molecule has 0 radical (unpaired) electrons. The van der Waals surface area contributed by atoms with E-state index >= 15 is 0 Å². The first kappa shape index (κ1) is 13.7. The molecule has 0 aliphatic rings. The lowest BCUT2D eigenvalue weighted by atomic mass is 9.90. The summed E-state index contributed by atoms with van der Waals surface area (Å²) >= 11 is 0. The predicted molar refractivity (Wildman–Crippen MR) is 68.1 cm³/mol. The van der Waals surface area contributed by atoms with Crippen molar-refractivity contribution in [3.8, 4) is 0 Å². The van der Waals surface area contributed by atoms with E-state index in [1.54, 1.807) is 7.05 Å². The fourth-order valence-corrected chi connectivity index (χ4v) is 2.34. The zero-order valence-electron chi connectivity index (χ0n) is 10.7. The van der Waals surface area contributed by atoms with Crippen molar-refractivity contribution in [3.05, 3.63) is 34.4 Å². The standard InChI is InChI=1S/C13H20N2O2/c1-7-5-8(2)10(9(3)6-7)11(14)12(15-4)13(16)17/h5-6,11-12,15H,14H2,1-4H3,(H,16,17). The summed E-state index contributed by atoms with van der Waals surface area (Å²) in [5, 5.41) is 11.8. The fraction of sp³-hybridized carbons (Fsp3) is 0.462. The summed E-state index contributed by atoms with van der Waals surface area (Å²) in [6, 6.07) is 2.74. The van der Waals surface area contributed by atoms with Gasteiger partial charge < -0.3 is 16.2 Å². The van der Waals surface area contributed by atoms with Crippen LogP contribution in [0.2, 0.25) is 0 Å². The highest BCUT2D eigenvalue weighted by molar-refractivity contribution is 5.75. The molecular formula is C13H20N2O2. The van der Waals surface area contributed by atoms with Crippen LogP contribution in [0.1, 0.15) is 28.3 Å². The highest BCUT2D eigenvalue weighted by Gasteiger charge is 2.26. The minimum atomic E-state index is -0.931. The molecule has 1 rings (SSSR count). The van der Waals surface area contributed by atoms with Gasteiger partial charge in [-0.2, -0.15) is 0 Å². The van der Waals surface area contributed by atoms with Crippen LogP contribution >= 0.6 is 0 Å². The average molecular weight is 236 g/mol. The van der Waals surface area contributed by atoms with Crippen LogP contribution in [0.25, 0.3) is 0 Å². The number of carboxylic acids is 1. The molecule has 0 spiro atoms. The summed E-state index contributed by atoms with van der Waals surface area (Å²) in [5.41, 5.74) is 10.2. The van der Waals surface area contributed by atoms with E-state index in [1.165, 1.54) is 0 Å². The van der Waals surface area contributed by atoms with Crippen LogP contribution in [0.5, 0.6) is 0 Å². The number of benzene rings is 1. The van der Waals surface area contributed by atoms with Crippen LogP contribution in [0, 0.1) is 20.8 Å². The van der Waals surface area contributed by atoms with Crippen LogP contribution < -0.4 is 11.1 Å². The Morgan fingerprint density at radius 2 is 1.76 bits per heavy atom. The molecule has 1 aromatic carbocycles. The summed E-state index contributed by atoms with van der Waals surface area (Å²) in [5.74, 6) is -0.931. The maximum Gasteiger partial charge on any atom is 0.322 e. The average Bonchev–Trinajstić information content (AvgIpc) is 2.15. The summed E-state index contributed by atoms with van der Waals surface area (Å²) in [7, 11) is 1.61. The van der Waals surface area contributed by atoms with Gasteiger partial charge in [0.15, 0.2) is 0 Å². The van der Waals surface area contributed by atoms with Gasteiger partial charge in [0.2, 0.25) is 0 Å². The molecule has 0 saturated carbocycles. The van der Waals surface area contributed by atoms with Gasteiger partial charge in [0.1, 0.15) is 6.04 Å². The third-order valence-electron chi connectivity index (χ3n) is 3.01. The lowest BCUT2D eigenvalue weighted by molar-refractivity contribution is -0.139. The van der Waals surface area contributed by atoms with E-state index in [2.05, 4.69) is 5.32 Å². The van der Waals surface area contributed by atoms with Crippen molar-refractivity contribution in [2.45, 2.75) is 32.9 Å². The SMILES string of the molecule is CNC(C(=O)O)C(N)c1c(C)cc(C)cc1C. The van der Waals surface area contributed by atoms with Crippen molar-refractivity contribution >= 4 is 5.97 Å². The Balaban J connectivity index is 3.20. The minimum absolute atomic E-state index is 0.543. The molecule has 0 saturated heterocycles. The number of aryl methyl sites for hydroxylation is 3. The summed E-state index contributed by atoms with van der Waals surface area (Å²) in [6.45, 7) is 5.94. The van der Waals surface area contributed by atoms with E-state index in [0.717, 1.165) is 22.3 Å². The van der Waals surface area contributed by atoms with Crippen molar-refractivity contribution in [2.24, 2.45) is 5.73 Å². The zero-order valence-corrected chi connectivity index (χ0v) is 10.7. The van der Waals surface area contributed by atoms with Crippen molar-refractivity contribution < 1.29 is 9.90 Å². The zero-order chi connectivity index (χ0) is 13.2. The second-order valence-corrected chi connectivity index (χ2v) is 4.44. The quantitative estimate of drug-likeness (QED) is 0.736. The van der Waals surface area contributed by atoms with Crippen molar-refractivity contribution in [2.75, 3.05) is 7.05 Å². The summed E-state index contributed by atoms with van der Waals surface area (Å²) in [4.78, 5) is 11.1. The molecule has 0 aromatic heterocycles. The Morgan fingerprint density at radius 1 is 1.29 bits per heavy atom. The Bertz CT molecular complexity index is 406. The first-order chi connectivity index (χ1) is 7.88. The van der Waals surface area contributed by atoms with E-state index in [4.69, 9.17) is 10.8 Å². The molecule has 0 aliphatic carbocycles. The van der Waals surface area contributed by atoms with E-state index in [1.807, 2.05) is 32.9 Å². The molecule has 94 valence electrons. The number of rotatable bonds is 4. The van der Waals surface area contributed by atoms with Crippen LogP contribution in [-0.4, -0.2) is 24.2 Å². The van der Waals surface area contributed by atoms with Crippen LogP contribution in [0.15, 0.2) is 12.1 Å². The van der Waals surface area contributed by atoms with Gasteiger partial charge in [0.25, 0.3) is 0 Å². The van der Waals surface area contributed by atoms with Gasteiger partial charge >= 0.3 is 5.97 Å². The van der Waals surface area contributed by atoms with E-state index in [9.17, 15) is 4.79 Å². The van der Waals surface area contributed by atoms with Gasteiger partial charge in [-0.15, -0.1) is 0 Å². The monoisotopic (exact) mass is 236 g/mol. The number of hydrogen-bond acceptors (Lipinski definition) is 3. The molecule has 2 atom stereocenters. The predicted octanol–water partition coefficient (Wildman–Crippen LogP) is 1.28. The number of carbonyl (C=O) groups is 1. The first-order valence-electron chi connectivity index (χ1n) is 5.62. The van der Waals surface area contributed by atoms with Gasteiger partial charge in [-0.3, -0.25) is 4.79 Å². The van der Waals surface area contributed by atoms with Gasteiger partial charge in [-0.1, -0.05) is 17.7 Å². The Morgan fingerprint density at radius 3 is 2.12 bits per heavy atom. The van der Waals surface area contributed by atoms with Crippen LogP contribution in [0.3, 0.4) is 0 Å². The third-order valence-corrected chi connectivity index (χ3v) is 3.01. The molecule has 0 aliphatic heterocycles. The molecule has 0 fully saturated rings. The van der Waals surface area contributed by atoms with Crippen LogP contribution in [-0.2, 0) is 4.79 Å². The number of likely N-dealkylation sites (N-methyl/N-ethyl adjacent to an activating group) is 1. The second-order valence-electron chi connectivity index (χ2n) is 4.44. The Hall–Kier alpha value is -1.39. The van der Waals surface area contributed by atoms with E-state index < -0.39 is 18.1 Å². The molecule has 0 amide bonds. The number of nitrogens with one attached hydrogen (secondary N) is 1. The first-order valence-corrected chi connectivity index (χ1v) is 5.62. The Labute approximate surface area is 102 Å². The lowest BCUT2D eigenvalue weighted by Gasteiger charge is -2.23. The molecule has 4 N–H and O–H groups in total. The largest absolute Gasteiger partial charge is 0.480 e. The molecule has 0 heterocycles. The van der Waals surface area contributed by atoms with E-state index in [-0.39, 0.29) is 0 Å². The van der Waals surface area contributed by atoms with Crippen molar-refractivity contribution in [1.82, 2.24) is 5.32 Å². The molecule has 1 aromatic rings. The highest BCUT2D eigenvalue weighted by Crippen LogP contribution is 2.24. The number of nitrogens with two attached hydrogens (primary N) is 1. The molecule has 2 unspecified atom stereocenters. The van der Waals surface area contributed by atoms with E-state index in [0.29, 0.717) is 0 Å². The van der Waals surface area contributed by atoms with Gasteiger partial charge in [-0.05, 0) is 44.5 Å². The summed E-state index contributed by atoms with van der Waals surface area (Å²) in [6.07, 6.45) is 0. The smallest absolute Gasteiger partial charge is 0.322 e. The van der Waals surface area contributed by atoms with Crippen molar-refractivity contribution in [1.29, 1.82) is 0 Å². The highest BCUT2D eigenvalue weighted by atomic mass is 16.4. The molecule has 4 heteroatoms. The maximum absolute atomic E-state index is 11.1. The second kappa shape index (κ2) is 5.29. The van der Waals surface area contributed by atoms with Crippen LogP contribution in [0.4, 0.5) is 0 Å². The van der Waals surface area contributed by atoms with Gasteiger partial charge in [0, 0.05) is 0 Å². The number of aliphatic carboxylic acids is 1. The molecule has 4 nitrogen and oxygen atoms in total. The summed E-state index contributed by atoms with van der Waals surface area (Å²) < 4.78 is 0. The fourth-order valence-electron chi connectivity index (χ4n) is 2.34. The Kier molecular flexibility index (Phi) is 4.26. The molecular weight excluding hydrogens is 216 g/mol. The number of hydrogen-bond donors (Lipinski definition) is 3. The lowest BCUT2D eigenvalue weighted by Crippen LogP contribution is -2.43. The minimum Gasteiger partial charge on any atom is -0.480 e. The van der Waals surface area contributed by atoms with Gasteiger partial charge in [-0.25, -0.2) is 0 Å². The normalized spacial score (nSPS) is 14.4. The molecule has 17 heavy (non-hydrogen) atoms. The maximum atomic E-state index is 11.1. The van der Waals surface area contributed by atoms with Gasteiger partial charge in [0.05, 0.1) is 6.04 Å². The molecule has 0 bridgehead atoms. The number of carboxylic acid groups (broad SMARTS) is 1. The topological polar surface area (TPSA) is 75.3 Å². The third kappa shape index (κ3) is 2.84.